The number of fused-ring (bicyclic) bond motifs is 1. The summed E-state index contributed by atoms with van der Waals surface area (Å²) in [4.78, 5) is 4.56. The fourth-order valence-electron chi connectivity index (χ4n) is 4.19. The zero-order valence-electron chi connectivity index (χ0n) is 18.4. The minimum absolute atomic E-state index is 0.116. The third kappa shape index (κ3) is 4.29. The third-order valence-corrected chi connectivity index (χ3v) is 5.78. The highest BCUT2D eigenvalue weighted by Crippen LogP contribution is 2.36. The molecule has 0 aliphatic carbocycles. The van der Waals surface area contributed by atoms with Crippen molar-refractivity contribution in [3.8, 4) is 22.6 Å². The summed E-state index contributed by atoms with van der Waals surface area (Å²) < 4.78 is 75.1. The van der Waals surface area contributed by atoms with E-state index in [1.54, 1.807) is 23.6 Å². The predicted octanol–water partition coefficient (Wildman–Crippen LogP) is 7.27. The van der Waals surface area contributed by atoms with E-state index in [9.17, 15) is 22.0 Å². The van der Waals surface area contributed by atoms with Crippen molar-refractivity contribution in [3.63, 3.8) is 0 Å². The van der Waals surface area contributed by atoms with Crippen LogP contribution in [0, 0.1) is 11.6 Å². The van der Waals surface area contributed by atoms with Gasteiger partial charge in [-0.25, -0.2) is 13.8 Å². The first kappa shape index (κ1) is 22.8. The molecule has 0 fully saturated rings. The lowest BCUT2D eigenvalue weighted by atomic mass is 9.99. The minimum atomic E-state index is -4.49. The van der Waals surface area contributed by atoms with Gasteiger partial charge in [0.1, 0.15) is 23.2 Å². The van der Waals surface area contributed by atoms with Crippen LogP contribution in [0.1, 0.15) is 23.9 Å². The predicted molar refractivity (Wildman–Crippen MR) is 121 cm³/mol. The molecule has 0 atom stereocenters. The van der Waals surface area contributed by atoms with Crippen LogP contribution in [0.25, 0.3) is 33.6 Å². The van der Waals surface area contributed by atoms with Crippen molar-refractivity contribution in [1.82, 2.24) is 14.7 Å². The van der Waals surface area contributed by atoms with Crippen LogP contribution in [-0.2, 0) is 19.1 Å². The molecule has 0 saturated carbocycles. The fourth-order valence-corrected chi connectivity index (χ4v) is 4.19. The summed E-state index contributed by atoms with van der Waals surface area (Å²) in [7, 11) is 0. The maximum Gasteiger partial charge on any atom is 0.416 e. The maximum absolute atomic E-state index is 14.0. The van der Waals surface area contributed by atoms with Crippen LogP contribution in [0.15, 0.2) is 71.3 Å². The van der Waals surface area contributed by atoms with Gasteiger partial charge >= 0.3 is 6.18 Å². The lowest BCUT2D eigenvalue weighted by molar-refractivity contribution is -0.137. The number of benzene rings is 3. The Balaban J connectivity index is 1.68. The Morgan fingerprint density at radius 1 is 0.886 bits per heavy atom. The second kappa shape index (κ2) is 8.65. The van der Waals surface area contributed by atoms with E-state index in [4.69, 9.17) is 4.52 Å². The highest BCUT2D eigenvalue weighted by molar-refractivity contribution is 5.78. The van der Waals surface area contributed by atoms with Crippen molar-refractivity contribution < 1.29 is 26.5 Å². The van der Waals surface area contributed by atoms with Crippen molar-refractivity contribution >= 4 is 11.0 Å². The molecule has 5 aromatic rings. The van der Waals surface area contributed by atoms with Gasteiger partial charge in [-0.1, -0.05) is 29.4 Å². The molecule has 2 heterocycles. The first-order chi connectivity index (χ1) is 16.7. The van der Waals surface area contributed by atoms with E-state index in [0.29, 0.717) is 45.8 Å². The molecule has 9 heteroatoms. The smallest absolute Gasteiger partial charge is 0.355 e. The van der Waals surface area contributed by atoms with Gasteiger partial charge in [0.25, 0.3) is 0 Å². The van der Waals surface area contributed by atoms with E-state index >= 15 is 0 Å². The summed E-state index contributed by atoms with van der Waals surface area (Å²) in [6.07, 6.45) is -4.37. The van der Waals surface area contributed by atoms with E-state index < -0.39 is 23.4 Å². The molecule has 4 nitrogen and oxygen atoms in total. The molecule has 0 radical (unpaired) electrons. The molecule has 0 aliphatic rings. The van der Waals surface area contributed by atoms with E-state index in [-0.39, 0.29) is 12.2 Å². The lowest BCUT2D eigenvalue weighted by Gasteiger charge is -2.10. The topological polar surface area (TPSA) is 43.9 Å². The summed E-state index contributed by atoms with van der Waals surface area (Å²) in [6, 6.07) is 15.0. The van der Waals surface area contributed by atoms with E-state index in [0.717, 1.165) is 12.1 Å². The van der Waals surface area contributed by atoms with Crippen LogP contribution >= 0.6 is 0 Å². The molecule has 35 heavy (non-hydrogen) atoms. The molecule has 5 rings (SSSR count). The molecule has 0 aliphatic heterocycles. The number of hydrogen-bond donors (Lipinski definition) is 0. The van der Waals surface area contributed by atoms with Crippen molar-refractivity contribution in [1.29, 1.82) is 0 Å². The zero-order valence-corrected chi connectivity index (χ0v) is 18.4. The van der Waals surface area contributed by atoms with Crippen LogP contribution in [0.2, 0.25) is 0 Å². The van der Waals surface area contributed by atoms with Gasteiger partial charge in [-0.3, -0.25) is 0 Å². The Hall–Kier alpha value is -4.01. The largest absolute Gasteiger partial charge is 0.416 e. The van der Waals surface area contributed by atoms with Crippen molar-refractivity contribution in [2.24, 2.45) is 0 Å². The molecule has 0 bridgehead atoms. The first-order valence-corrected chi connectivity index (χ1v) is 10.8. The number of alkyl halides is 3. The van der Waals surface area contributed by atoms with E-state index in [1.165, 1.54) is 42.5 Å². The Labute approximate surface area is 196 Å². The zero-order chi connectivity index (χ0) is 24.7. The van der Waals surface area contributed by atoms with Gasteiger partial charge in [-0.15, -0.1) is 0 Å². The molecule has 0 N–H and O–H groups in total. The molecule has 0 saturated heterocycles. The monoisotopic (exact) mass is 483 g/mol. The summed E-state index contributed by atoms with van der Waals surface area (Å²) >= 11 is 0. The van der Waals surface area contributed by atoms with Crippen LogP contribution in [0.3, 0.4) is 0 Å². The minimum Gasteiger partial charge on any atom is -0.355 e. The van der Waals surface area contributed by atoms with Crippen molar-refractivity contribution in [2.75, 3.05) is 0 Å². The second-order valence-electron chi connectivity index (χ2n) is 8.01. The molecule has 2 aromatic heterocycles. The van der Waals surface area contributed by atoms with E-state index in [1.807, 2.05) is 0 Å². The Morgan fingerprint density at radius 2 is 1.57 bits per heavy atom. The van der Waals surface area contributed by atoms with Gasteiger partial charge < -0.3 is 9.09 Å². The molecule has 0 amide bonds. The summed E-state index contributed by atoms with van der Waals surface area (Å²) in [5.41, 5.74) is 1.71. The molecule has 0 spiro atoms. The first-order valence-electron chi connectivity index (χ1n) is 10.8. The van der Waals surface area contributed by atoms with Gasteiger partial charge in [0.05, 0.1) is 16.6 Å². The number of hydrogen-bond acceptors (Lipinski definition) is 3. The molecular weight excluding hydrogens is 465 g/mol. The van der Waals surface area contributed by atoms with Crippen LogP contribution in [0.4, 0.5) is 22.0 Å². The fraction of sp³-hybridized carbons (Fsp3) is 0.154. The van der Waals surface area contributed by atoms with Crippen molar-refractivity contribution in [3.05, 3.63) is 95.3 Å². The maximum atomic E-state index is 14.0. The van der Waals surface area contributed by atoms with Gasteiger partial charge in [0.15, 0.2) is 5.76 Å². The average Bonchev–Trinajstić information content (AvgIpc) is 3.39. The standard InChI is InChI=1S/C26H18F5N3O/c1-2-34-22-13-17(26(29,30)31)9-10-21(22)32-23(34)14-20-24(15-5-3-7-18(27)11-15)33-35-25(20)16-6-4-8-19(28)12-16/h3-13H,2,14H2,1H3. The average molecular weight is 483 g/mol. The second-order valence-corrected chi connectivity index (χ2v) is 8.01. The van der Waals surface area contributed by atoms with Gasteiger partial charge in [-0.05, 0) is 49.4 Å². The highest BCUT2D eigenvalue weighted by Gasteiger charge is 2.31. The number of imidazole rings is 1. The number of rotatable bonds is 5. The number of aryl methyl sites for hydroxylation is 1. The van der Waals surface area contributed by atoms with Gasteiger partial charge in [0.2, 0.25) is 0 Å². The summed E-state index contributed by atoms with van der Waals surface area (Å²) in [5, 5.41) is 4.14. The molecular formula is C26H18F5N3O. The number of nitrogens with zero attached hydrogens (tertiary/aromatic N) is 3. The third-order valence-electron chi connectivity index (χ3n) is 5.78. The quantitative estimate of drug-likeness (QED) is 0.247. The summed E-state index contributed by atoms with van der Waals surface area (Å²) in [5.74, 6) is -0.198. The normalized spacial score (nSPS) is 11.9. The molecule has 0 unspecified atom stereocenters. The number of aromatic nitrogens is 3. The highest BCUT2D eigenvalue weighted by atomic mass is 19.4. The SMILES string of the molecule is CCn1c(Cc2c(-c3cccc(F)c3)noc2-c2cccc(F)c2)nc2ccc(C(F)(F)F)cc21. The van der Waals surface area contributed by atoms with Gasteiger partial charge in [0, 0.05) is 29.7 Å². The molecule has 178 valence electrons. The van der Waals surface area contributed by atoms with Gasteiger partial charge in [-0.2, -0.15) is 13.2 Å². The van der Waals surface area contributed by atoms with Crippen molar-refractivity contribution in [2.45, 2.75) is 26.1 Å². The number of halogens is 5. The summed E-state index contributed by atoms with van der Waals surface area (Å²) in [6.45, 7) is 2.17. The molecule has 3 aromatic carbocycles. The van der Waals surface area contributed by atoms with E-state index in [2.05, 4.69) is 10.1 Å². The van der Waals surface area contributed by atoms with Crippen LogP contribution in [0.5, 0.6) is 0 Å². The Kier molecular flexibility index (Phi) is 5.62. The Bertz CT molecular complexity index is 1470. The Morgan fingerprint density at radius 3 is 2.23 bits per heavy atom. The lowest BCUT2D eigenvalue weighted by Crippen LogP contribution is -2.06. The van der Waals surface area contributed by atoms with Crippen LogP contribution in [-0.4, -0.2) is 14.7 Å². The van der Waals surface area contributed by atoms with Crippen LogP contribution < -0.4 is 0 Å².